The molecule has 4 rings (SSSR count). The van der Waals surface area contributed by atoms with E-state index in [2.05, 4.69) is 0 Å². The highest BCUT2D eigenvalue weighted by Gasteiger charge is 2.49. The summed E-state index contributed by atoms with van der Waals surface area (Å²) in [6.45, 7) is 3.86. The molecule has 0 radical (unpaired) electrons. The number of nitrogens with zero attached hydrogens (tertiary/aromatic N) is 1. The van der Waals surface area contributed by atoms with E-state index >= 15 is 0 Å². The number of ether oxygens (including phenoxy) is 1. The SMILES string of the molecule is COc1ccc(N2C(=O)[C@H](C)[C@H]2c2occc2S(=O)c2ccc(C)cc2)cc1. The van der Waals surface area contributed by atoms with Gasteiger partial charge in [0.1, 0.15) is 17.6 Å². The van der Waals surface area contributed by atoms with Gasteiger partial charge in [-0.15, -0.1) is 0 Å². The predicted molar refractivity (Wildman–Crippen MR) is 107 cm³/mol. The molecule has 3 atom stereocenters. The number of hydrogen-bond donors (Lipinski definition) is 0. The topological polar surface area (TPSA) is 59.8 Å². The summed E-state index contributed by atoms with van der Waals surface area (Å²) in [6.07, 6.45) is 1.54. The third-order valence-corrected chi connectivity index (χ3v) is 6.53. The largest absolute Gasteiger partial charge is 0.497 e. The number of carbonyl (C=O) groups is 1. The minimum absolute atomic E-state index is 0.0126. The fourth-order valence-electron chi connectivity index (χ4n) is 3.47. The van der Waals surface area contributed by atoms with E-state index in [9.17, 15) is 9.00 Å². The number of anilines is 1. The summed E-state index contributed by atoms with van der Waals surface area (Å²) in [5.41, 5.74) is 1.87. The molecule has 2 heterocycles. The maximum Gasteiger partial charge on any atom is 0.233 e. The van der Waals surface area contributed by atoms with Crippen molar-refractivity contribution in [3.63, 3.8) is 0 Å². The van der Waals surface area contributed by atoms with Crippen LogP contribution < -0.4 is 9.64 Å². The van der Waals surface area contributed by atoms with Crippen molar-refractivity contribution >= 4 is 22.4 Å². The number of β-lactam (4-membered cyclic amide) rings is 1. The van der Waals surface area contributed by atoms with Crippen LogP contribution in [-0.4, -0.2) is 17.2 Å². The smallest absolute Gasteiger partial charge is 0.233 e. The summed E-state index contributed by atoms with van der Waals surface area (Å²) in [6, 6.07) is 16.3. The first-order valence-corrected chi connectivity index (χ1v) is 10.2. The van der Waals surface area contributed by atoms with Gasteiger partial charge in [-0.25, -0.2) is 4.21 Å². The summed E-state index contributed by atoms with van der Waals surface area (Å²) < 4.78 is 24.1. The van der Waals surface area contributed by atoms with Crippen LogP contribution in [0.5, 0.6) is 5.75 Å². The highest BCUT2D eigenvalue weighted by Crippen LogP contribution is 2.45. The van der Waals surface area contributed by atoms with Crippen LogP contribution >= 0.6 is 0 Å². The molecule has 1 fully saturated rings. The standard InChI is InChI=1S/C22H21NO4S/c1-14-4-10-18(11-5-14)28(25)19-12-13-27-21(19)20-15(2)22(24)23(20)16-6-8-17(26-3)9-7-16/h4-13,15,20H,1-3H3/t15-,20+,28?/m1/s1. The van der Waals surface area contributed by atoms with Gasteiger partial charge >= 0.3 is 0 Å². The third kappa shape index (κ3) is 3.03. The van der Waals surface area contributed by atoms with Crippen molar-refractivity contribution in [2.24, 2.45) is 5.92 Å². The Bertz CT molecular complexity index is 1020. The molecule has 144 valence electrons. The lowest BCUT2D eigenvalue weighted by atomic mass is 9.86. The molecular formula is C22H21NO4S. The van der Waals surface area contributed by atoms with Gasteiger partial charge in [0.05, 0.1) is 35.0 Å². The molecule has 28 heavy (non-hydrogen) atoms. The van der Waals surface area contributed by atoms with Gasteiger partial charge in [-0.3, -0.25) is 4.79 Å². The Morgan fingerprint density at radius 3 is 2.36 bits per heavy atom. The van der Waals surface area contributed by atoms with Crippen LogP contribution in [0.25, 0.3) is 0 Å². The Morgan fingerprint density at radius 1 is 1.04 bits per heavy atom. The van der Waals surface area contributed by atoms with Gasteiger partial charge in [0, 0.05) is 10.6 Å². The van der Waals surface area contributed by atoms with E-state index in [1.54, 1.807) is 24.3 Å². The second-order valence-electron chi connectivity index (χ2n) is 6.87. The van der Waals surface area contributed by atoms with Crippen molar-refractivity contribution in [3.8, 4) is 5.75 Å². The fraction of sp³-hybridized carbons (Fsp3) is 0.227. The van der Waals surface area contributed by atoms with E-state index < -0.39 is 10.8 Å². The zero-order chi connectivity index (χ0) is 19.8. The maximum atomic E-state index is 13.1. The zero-order valence-electron chi connectivity index (χ0n) is 15.9. The molecule has 0 N–H and O–H groups in total. The molecule has 1 aliphatic heterocycles. The van der Waals surface area contributed by atoms with Crippen LogP contribution in [-0.2, 0) is 15.6 Å². The number of carbonyl (C=O) groups excluding carboxylic acids is 1. The first kappa shape index (κ1) is 18.5. The van der Waals surface area contributed by atoms with Crippen molar-refractivity contribution < 1.29 is 18.2 Å². The maximum absolute atomic E-state index is 13.1. The average Bonchev–Trinajstić information content (AvgIpc) is 3.20. The summed E-state index contributed by atoms with van der Waals surface area (Å²) in [7, 11) is 0.223. The van der Waals surface area contributed by atoms with Crippen molar-refractivity contribution in [2.45, 2.75) is 29.7 Å². The summed E-state index contributed by atoms with van der Waals surface area (Å²) >= 11 is 0. The van der Waals surface area contributed by atoms with E-state index in [-0.39, 0.29) is 17.9 Å². The molecule has 0 spiro atoms. The molecule has 1 aliphatic rings. The lowest BCUT2D eigenvalue weighted by molar-refractivity contribution is -0.130. The Balaban J connectivity index is 1.68. The summed E-state index contributed by atoms with van der Waals surface area (Å²) in [5.74, 6) is 1.06. The Morgan fingerprint density at radius 2 is 1.71 bits per heavy atom. The quantitative estimate of drug-likeness (QED) is 0.598. The van der Waals surface area contributed by atoms with Crippen LogP contribution in [0.3, 0.4) is 0 Å². The molecule has 1 amide bonds. The molecule has 6 heteroatoms. The zero-order valence-corrected chi connectivity index (χ0v) is 16.7. The molecule has 1 saturated heterocycles. The summed E-state index contributed by atoms with van der Waals surface area (Å²) in [5, 5.41) is 0. The molecule has 3 aromatic rings. The number of furan rings is 1. The van der Waals surface area contributed by atoms with Gasteiger partial charge in [0.15, 0.2) is 0 Å². The average molecular weight is 395 g/mol. The highest BCUT2D eigenvalue weighted by molar-refractivity contribution is 7.85. The first-order valence-electron chi connectivity index (χ1n) is 9.04. The number of aryl methyl sites for hydroxylation is 1. The normalized spacial score (nSPS) is 20.0. The minimum atomic E-state index is -1.38. The van der Waals surface area contributed by atoms with Gasteiger partial charge in [0.2, 0.25) is 5.91 Å². The van der Waals surface area contributed by atoms with Crippen LogP contribution in [0.4, 0.5) is 5.69 Å². The van der Waals surface area contributed by atoms with Gasteiger partial charge < -0.3 is 14.1 Å². The van der Waals surface area contributed by atoms with Gasteiger partial charge in [-0.2, -0.15) is 0 Å². The second kappa shape index (κ2) is 7.28. The van der Waals surface area contributed by atoms with E-state index in [1.165, 1.54) is 0 Å². The Kier molecular flexibility index (Phi) is 4.81. The second-order valence-corrected chi connectivity index (χ2v) is 8.32. The fourth-order valence-corrected chi connectivity index (χ4v) is 4.64. The van der Waals surface area contributed by atoms with Crippen molar-refractivity contribution in [1.29, 1.82) is 0 Å². The van der Waals surface area contributed by atoms with Crippen LogP contribution in [0, 0.1) is 12.8 Å². The summed E-state index contributed by atoms with van der Waals surface area (Å²) in [4.78, 5) is 15.6. The van der Waals surface area contributed by atoms with Crippen LogP contribution in [0.1, 0.15) is 24.3 Å². The van der Waals surface area contributed by atoms with E-state index in [4.69, 9.17) is 9.15 Å². The van der Waals surface area contributed by atoms with E-state index in [1.807, 2.05) is 62.4 Å². The number of amides is 1. The molecule has 1 unspecified atom stereocenters. The highest BCUT2D eigenvalue weighted by atomic mass is 32.2. The van der Waals surface area contributed by atoms with Gasteiger partial charge in [-0.05, 0) is 49.4 Å². The molecule has 0 saturated carbocycles. The van der Waals surface area contributed by atoms with Crippen molar-refractivity contribution in [3.05, 3.63) is 72.2 Å². The minimum Gasteiger partial charge on any atom is -0.497 e. The third-order valence-electron chi connectivity index (χ3n) is 5.09. The number of methoxy groups -OCH3 is 1. The molecule has 0 bridgehead atoms. The van der Waals surface area contributed by atoms with Crippen LogP contribution in [0.2, 0.25) is 0 Å². The van der Waals surface area contributed by atoms with Gasteiger partial charge in [-0.1, -0.05) is 24.6 Å². The van der Waals surface area contributed by atoms with Crippen molar-refractivity contribution in [2.75, 3.05) is 12.0 Å². The van der Waals surface area contributed by atoms with Gasteiger partial charge in [0.25, 0.3) is 0 Å². The monoisotopic (exact) mass is 395 g/mol. The molecule has 5 nitrogen and oxygen atoms in total. The number of benzene rings is 2. The predicted octanol–water partition coefficient (Wildman–Crippen LogP) is 4.49. The Hall–Kier alpha value is -2.86. The Labute approximate surface area is 166 Å². The number of hydrogen-bond acceptors (Lipinski definition) is 4. The van der Waals surface area contributed by atoms with E-state index in [0.717, 1.165) is 17.0 Å². The van der Waals surface area contributed by atoms with Crippen LogP contribution in [0.15, 0.2) is 75.1 Å². The molecular weight excluding hydrogens is 374 g/mol. The lowest BCUT2D eigenvalue weighted by Gasteiger charge is -2.44. The molecule has 1 aromatic heterocycles. The number of rotatable bonds is 5. The first-order chi connectivity index (χ1) is 13.5. The lowest BCUT2D eigenvalue weighted by Crippen LogP contribution is -2.54. The van der Waals surface area contributed by atoms with Crippen molar-refractivity contribution in [1.82, 2.24) is 0 Å². The molecule has 2 aromatic carbocycles. The van der Waals surface area contributed by atoms with E-state index in [0.29, 0.717) is 15.6 Å². The molecule has 0 aliphatic carbocycles.